The molecule has 1 aliphatic heterocycles. The third-order valence-corrected chi connectivity index (χ3v) is 4.30. The van der Waals surface area contributed by atoms with Crippen LogP contribution in [0.4, 0.5) is 0 Å². The van der Waals surface area contributed by atoms with Crippen LogP contribution in [0, 0.1) is 0 Å². The highest BCUT2D eigenvalue weighted by Crippen LogP contribution is 2.37. The van der Waals surface area contributed by atoms with Crippen molar-refractivity contribution >= 4 is 10.8 Å². The second kappa shape index (κ2) is 5.93. The summed E-state index contributed by atoms with van der Waals surface area (Å²) in [5, 5.41) is 12.6. The van der Waals surface area contributed by atoms with Crippen molar-refractivity contribution in [3.05, 3.63) is 77.6 Å². The molecule has 0 saturated carbocycles. The van der Waals surface area contributed by atoms with Gasteiger partial charge in [-0.25, -0.2) is 0 Å². The second-order valence-electron chi connectivity index (χ2n) is 5.97. The molecule has 1 N–H and O–H groups in total. The zero-order valence-corrected chi connectivity index (χ0v) is 13.5. The van der Waals surface area contributed by atoms with Crippen molar-refractivity contribution in [3.8, 4) is 17.2 Å². The van der Waals surface area contributed by atoms with E-state index in [4.69, 9.17) is 9.47 Å². The molecule has 1 aliphatic rings. The maximum atomic E-state index is 10.2. The molecule has 3 heteroatoms. The number of aromatic hydroxyl groups is 1. The van der Waals surface area contributed by atoms with E-state index in [1.807, 2.05) is 37.3 Å². The van der Waals surface area contributed by atoms with Gasteiger partial charge in [0.2, 0.25) is 0 Å². The fourth-order valence-electron chi connectivity index (χ4n) is 3.03. The minimum Gasteiger partial charge on any atom is -0.507 e. The highest BCUT2D eigenvalue weighted by atomic mass is 16.5. The molecular weight excluding hydrogens is 300 g/mol. The number of fused-ring (bicyclic) bond motifs is 2. The van der Waals surface area contributed by atoms with Crippen molar-refractivity contribution in [2.24, 2.45) is 0 Å². The van der Waals surface area contributed by atoms with Crippen LogP contribution in [0.25, 0.3) is 10.8 Å². The van der Waals surface area contributed by atoms with Crippen LogP contribution in [-0.4, -0.2) is 5.11 Å². The van der Waals surface area contributed by atoms with E-state index in [1.165, 1.54) is 10.8 Å². The first-order valence-corrected chi connectivity index (χ1v) is 8.00. The van der Waals surface area contributed by atoms with E-state index in [0.717, 1.165) is 16.9 Å². The molecule has 0 bridgehead atoms. The van der Waals surface area contributed by atoms with Gasteiger partial charge in [-0.1, -0.05) is 42.5 Å². The van der Waals surface area contributed by atoms with Gasteiger partial charge < -0.3 is 14.6 Å². The fourth-order valence-corrected chi connectivity index (χ4v) is 3.03. The molecule has 0 saturated heterocycles. The highest BCUT2D eigenvalue weighted by molar-refractivity contribution is 5.85. The average Bonchev–Trinajstić information content (AvgIpc) is 2.59. The Balaban J connectivity index is 1.60. The first-order chi connectivity index (χ1) is 11.7. The minimum atomic E-state index is 0.212. The fraction of sp³-hybridized carbons (Fsp3) is 0.143. The summed E-state index contributed by atoms with van der Waals surface area (Å²) >= 11 is 0. The molecule has 4 rings (SSSR count). The SMILES string of the molecule is CC1=CCc2c(O)cc(OCc3cccc4ccccc34)cc2O1. The van der Waals surface area contributed by atoms with Crippen LogP contribution in [0.5, 0.6) is 17.2 Å². The Morgan fingerprint density at radius 3 is 2.83 bits per heavy atom. The molecule has 3 aromatic carbocycles. The molecule has 3 aromatic rings. The number of phenols is 1. The predicted molar refractivity (Wildman–Crippen MR) is 94.5 cm³/mol. The molecule has 0 radical (unpaired) electrons. The summed E-state index contributed by atoms with van der Waals surface area (Å²) in [4.78, 5) is 0. The summed E-state index contributed by atoms with van der Waals surface area (Å²) in [6, 6.07) is 17.9. The third-order valence-electron chi connectivity index (χ3n) is 4.30. The molecule has 0 aliphatic carbocycles. The summed E-state index contributed by atoms with van der Waals surface area (Å²) in [5.74, 6) is 2.33. The van der Waals surface area contributed by atoms with E-state index in [9.17, 15) is 5.11 Å². The van der Waals surface area contributed by atoms with Crippen molar-refractivity contribution in [2.45, 2.75) is 20.0 Å². The molecule has 0 amide bonds. The van der Waals surface area contributed by atoms with Crippen molar-refractivity contribution in [3.63, 3.8) is 0 Å². The number of benzene rings is 3. The molecule has 0 aromatic heterocycles. The molecule has 24 heavy (non-hydrogen) atoms. The van der Waals surface area contributed by atoms with Crippen molar-refractivity contribution in [2.75, 3.05) is 0 Å². The standard InChI is InChI=1S/C21H18O3/c1-14-9-10-19-20(22)11-17(12-21(19)24-14)23-13-16-7-4-6-15-5-2-3-8-18(15)16/h2-9,11-12,22H,10,13H2,1H3. The van der Waals surface area contributed by atoms with Gasteiger partial charge in [-0.05, 0) is 29.3 Å². The molecule has 0 spiro atoms. The minimum absolute atomic E-state index is 0.212. The average molecular weight is 318 g/mol. The van der Waals surface area contributed by atoms with Crippen LogP contribution in [0.1, 0.15) is 18.1 Å². The van der Waals surface area contributed by atoms with Gasteiger partial charge in [0.25, 0.3) is 0 Å². The normalized spacial score (nSPS) is 13.1. The quantitative estimate of drug-likeness (QED) is 0.741. The first-order valence-electron chi connectivity index (χ1n) is 8.00. The number of hydrogen-bond acceptors (Lipinski definition) is 3. The van der Waals surface area contributed by atoms with E-state index >= 15 is 0 Å². The smallest absolute Gasteiger partial charge is 0.137 e. The van der Waals surface area contributed by atoms with Crippen LogP contribution in [-0.2, 0) is 13.0 Å². The van der Waals surface area contributed by atoms with Gasteiger partial charge in [-0.15, -0.1) is 0 Å². The lowest BCUT2D eigenvalue weighted by Crippen LogP contribution is -2.03. The Hall–Kier alpha value is -2.94. The number of allylic oxidation sites excluding steroid dienone is 2. The van der Waals surface area contributed by atoms with Crippen LogP contribution in [0.15, 0.2) is 66.4 Å². The highest BCUT2D eigenvalue weighted by Gasteiger charge is 2.16. The topological polar surface area (TPSA) is 38.7 Å². The molecule has 0 unspecified atom stereocenters. The molecule has 3 nitrogen and oxygen atoms in total. The maximum Gasteiger partial charge on any atom is 0.137 e. The van der Waals surface area contributed by atoms with E-state index in [1.54, 1.807) is 6.07 Å². The number of ether oxygens (including phenoxy) is 2. The number of hydrogen-bond donors (Lipinski definition) is 1. The lowest BCUT2D eigenvalue weighted by Gasteiger charge is -2.18. The second-order valence-corrected chi connectivity index (χ2v) is 5.97. The molecule has 120 valence electrons. The Kier molecular flexibility index (Phi) is 3.62. The van der Waals surface area contributed by atoms with Gasteiger partial charge in [0.1, 0.15) is 23.9 Å². The van der Waals surface area contributed by atoms with Crippen molar-refractivity contribution in [1.29, 1.82) is 0 Å². The van der Waals surface area contributed by atoms with E-state index in [-0.39, 0.29) is 5.75 Å². The predicted octanol–water partition coefficient (Wildman–Crippen LogP) is 4.96. The third kappa shape index (κ3) is 2.69. The summed E-state index contributed by atoms with van der Waals surface area (Å²) in [5.41, 5.74) is 1.92. The molecule has 0 fully saturated rings. The van der Waals surface area contributed by atoms with Gasteiger partial charge in [0, 0.05) is 24.1 Å². The lowest BCUT2D eigenvalue weighted by atomic mass is 10.1. The van der Waals surface area contributed by atoms with Gasteiger partial charge >= 0.3 is 0 Å². The van der Waals surface area contributed by atoms with Crippen LogP contribution >= 0.6 is 0 Å². The Morgan fingerprint density at radius 2 is 1.92 bits per heavy atom. The summed E-state index contributed by atoms with van der Waals surface area (Å²) in [6.07, 6.45) is 2.63. The van der Waals surface area contributed by atoms with Crippen LogP contribution in [0.2, 0.25) is 0 Å². The van der Waals surface area contributed by atoms with Gasteiger partial charge in [-0.3, -0.25) is 0 Å². The van der Waals surface area contributed by atoms with Crippen LogP contribution < -0.4 is 9.47 Å². The Labute approximate surface area is 140 Å². The van der Waals surface area contributed by atoms with Gasteiger partial charge in [-0.2, -0.15) is 0 Å². The lowest BCUT2D eigenvalue weighted by molar-refractivity contribution is 0.302. The van der Waals surface area contributed by atoms with Crippen molar-refractivity contribution in [1.82, 2.24) is 0 Å². The van der Waals surface area contributed by atoms with Gasteiger partial charge in [0.15, 0.2) is 0 Å². The number of phenolic OH excluding ortho intramolecular Hbond substituents is 1. The number of rotatable bonds is 3. The Morgan fingerprint density at radius 1 is 1.08 bits per heavy atom. The van der Waals surface area contributed by atoms with Crippen molar-refractivity contribution < 1.29 is 14.6 Å². The summed E-state index contributed by atoms with van der Waals surface area (Å²) < 4.78 is 11.6. The maximum absolute atomic E-state index is 10.2. The summed E-state index contributed by atoms with van der Waals surface area (Å²) in [6.45, 7) is 2.35. The zero-order valence-electron chi connectivity index (χ0n) is 13.5. The monoisotopic (exact) mass is 318 g/mol. The molecular formula is C21H18O3. The van der Waals surface area contributed by atoms with Gasteiger partial charge in [0.05, 0.1) is 5.76 Å². The largest absolute Gasteiger partial charge is 0.507 e. The van der Waals surface area contributed by atoms with E-state index in [2.05, 4.69) is 24.3 Å². The van der Waals surface area contributed by atoms with E-state index in [0.29, 0.717) is 24.5 Å². The molecule has 1 heterocycles. The first kappa shape index (κ1) is 14.6. The zero-order chi connectivity index (χ0) is 16.5. The molecule has 0 atom stereocenters. The summed E-state index contributed by atoms with van der Waals surface area (Å²) in [7, 11) is 0. The van der Waals surface area contributed by atoms with E-state index < -0.39 is 0 Å². The van der Waals surface area contributed by atoms with Crippen LogP contribution in [0.3, 0.4) is 0 Å². The Bertz CT molecular complexity index is 936.